The van der Waals surface area contributed by atoms with Crippen LogP contribution in [0.4, 0.5) is 0 Å². The summed E-state index contributed by atoms with van der Waals surface area (Å²) in [5, 5.41) is 0.980. The predicted molar refractivity (Wildman–Crippen MR) is 88.4 cm³/mol. The van der Waals surface area contributed by atoms with Gasteiger partial charge in [-0.2, -0.15) is 0 Å². The van der Waals surface area contributed by atoms with E-state index in [4.69, 9.17) is 4.98 Å². The van der Waals surface area contributed by atoms with Crippen LogP contribution in [0.25, 0.3) is 10.9 Å². The second-order valence-electron chi connectivity index (χ2n) is 6.18. The van der Waals surface area contributed by atoms with Crippen molar-refractivity contribution in [1.29, 1.82) is 0 Å². The Kier molecular flexibility index (Phi) is 4.12. The quantitative estimate of drug-likeness (QED) is 0.901. The number of nitrogens with zero attached hydrogens (tertiary/aromatic N) is 2. The highest BCUT2D eigenvalue weighted by atomic mass is 16.2. The van der Waals surface area contributed by atoms with Crippen LogP contribution in [0.15, 0.2) is 24.3 Å². The molecule has 1 aromatic heterocycles. The first-order chi connectivity index (χ1) is 10.6. The van der Waals surface area contributed by atoms with Gasteiger partial charge in [-0.25, -0.2) is 0 Å². The fourth-order valence-corrected chi connectivity index (χ4v) is 3.23. The van der Waals surface area contributed by atoms with Crippen molar-refractivity contribution in [3.63, 3.8) is 0 Å². The molecule has 1 aliphatic rings. The van der Waals surface area contributed by atoms with E-state index in [1.165, 1.54) is 4.90 Å². The fourth-order valence-electron chi connectivity index (χ4n) is 3.23. The Balaban J connectivity index is 2.08. The van der Waals surface area contributed by atoms with Gasteiger partial charge in [0.15, 0.2) is 0 Å². The van der Waals surface area contributed by atoms with Crippen molar-refractivity contribution in [3.8, 4) is 0 Å². The molecular weight excluding hydrogens is 274 g/mol. The summed E-state index contributed by atoms with van der Waals surface area (Å²) in [4.78, 5) is 21.3. The van der Waals surface area contributed by atoms with Gasteiger partial charge in [0.1, 0.15) is 0 Å². The molecule has 3 rings (SSSR count). The minimum Gasteiger partial charge on any atom is -0.334 e. The van der Waals surface area contributed by atoms with Crippen LogP contribution >= 0.6 is 0 Å². The molecule has 2 heterocycles. The average Bonchev–Trinajstić information content (AvgIpc) is 2.54. The van der Waals surface area contributed by atoms with Crippen LogP contribution in [-0.4, -0.2) is 49.0 Å². The number of quaternary nitrogens is 1. The Hall–Kier alpha value is -1.94. The van der Waals surface area contributed by atoms with Crippen molar-refractivity contribution in [3.05, 3.63) is 41.1 Å². The monoisotopic (exact) mass is 298 g/mol. The second kappa shape index (κ2) is 6.05. The topological polar surface area (TPSA) is 37.6 Å². The number of benzene rings is 1. The first-order valence-electron chi connectivity index (χ1n) is 8.10. The number of amides is 1. The Morgan fingerprint density at radius 3 is 2.64 bits per heavy atom. The summed E-state index contributed by atoms with van der Waals surface area (Å²) in [6, 6.07) is 7.99. The van der Waals surface area contributed by atoms with Gasteiger partial charge in [-0.05, 0) is 25.0 Å². The van der Waals surface area contributed by atoms with Gasteiger partial charge in [0.2, 0.25) is 0 Å². The molecule has 0 saturated carbocycles. The molecule has 4 nitrogen and oxygen atoms in total. The van der Waals surface area contributed by atoms with Crippen LogP contribution in [0.3, 0.4) is 0 Å². The van der Waals surface area contributed by atoms with E-state index in [1.54, 1.807) is 0 Å². The van der Waals surface area contributed by atoms with Gasteiger partial charge >= 0.3 is 0 Å². The lowest BCUT2D eigenvalue weighted by Crippen LogP contribution is -3.12. The molecule has 0 spiro atoms. The fraction of sp³-hybridized carbons (Fsp3) is 0.444. The first-order valence-corrected chi connectivity index (χ1v) is 8.10. The number of pyridine rings is 1. The number of carbonyl (C=O) groups is 1. The van der Waals surface area contributed by atoms with Crippen molar-refractivity contribution in [2.24, 2.45) is 0 Å². The van der Waals surface area contributed by atoms with E-state index in [-0.39, 0.29) is 5.91 Å². The highest BCUT2D eigenvalue weighted by Crippen LogP contribution is 2.25. The van der Waals surface area contributed by atoms with E-state index in [9.17, 15) is 4.79 Å². The standard InChI is InChI=1S/C18H23N3O/c1-4-15-13(2)17(14-7-5-6-8-16(14)19-15)18(22)21-11-9-20(3)10-12-21/h5-8H,4,9-12H2,1-3H3/p+1. The lowest BCUT2D eigenvalue weighted by Gasteiger charge is -2.31. The Morgan fingerprint density at radius 2 is 1.95 bits per heavy atom. The Bertz CT molecular complexity index is 703. The van der Waals surface area contributed by atoms with Crippen LogP contribution in [-0.2, 0) is 6.42 Å². The van der Waals surface area contributed by atoms with Gasteiger partial charge in [-0.3, -0.25) is 9.78 Å². The third-order valence-electron chi connectivity index (χ3n) is 4.69. The number of hydrogen-bond donors (Lipinski definition) is 1. The van der Waals surface area contributed by atoms with Gasteiger partial charge < -0.3 is 9.80 Å². The van der Waals surface area contributed by atoms with E-state index in [2.05, 4.69) is 14.0 Å². The molecule has 1 aromatic carbocycles. The molecule has 0 bridgehead atoms. The summed E-state index contributed by atoms with van der Waals surface area (Å²) in [6.45, 7) is 7.84. The first kappa shape index (κ1) is 15.0. The minimum atomic E-state index is 0.165. The normalized spacial score (nSPS) is 16.2. The predicted octanol–water partition coefficient (Wildman–Crippen LogP) is 1.08. The van der Waals surface area contributed by atoms with Crippen molar-refractivity contribution >= 4 is 16.8 Å². The number of piperazine rings is 1. The zero-order chi connectivity index (χ0) is 15.7. The minimum absolute atomic E-state index is 0.165. The van der Waals surface area contributed by atoms with Crippen molar-refractivity contribution in [2.45, 2.75) is 20.3 Å². The largest absolute Gasteiger partial charge is 0.334 e. The number of carbonyl (C=O) groups excluding carboxylic acids is 1. The maximum Gasteiger partial charge on any atom is 0.255 e. The Labute approximate surface area is 131 Å². The van der Waals surface area contributed by atoms with Crippen molar-refractivity contribution in [1.82, 2.24) is 9.88 Å². The van der Waals surface area contributed by atoms with Gasteiger partial charge in [0, 0.05) is 11.1 Å². The van der Waals surface area contributed by atoms with E-state index < -0.39 is 0 Å². The number of aryl methyl sites for hydroxylation is 1. The lowest BCUT2D eigenvalue weighted by atomic mass is 9.99. The SMILES string of the molecule is CCc1nc2ccccc2c(C(=O)N2CC[NH+](C)CC2)c1C. The third kappa shape index (κ3) is 2.59. The van der Waals surface area contributed by atoms with Crippen LogP contribution in [0.1, 0.15) is 28.5 Å². The number of fused-ring (bicyclic) bond motifs is 1. The molecule has 1 N–H and O–H groups in total. The summed E-state index contributed by atoms with van der Waals surface area (Å²) >= 11 is 0. The van der Waals surface area contributed by atoms with Gasteiger partial charge in [-0.15, -0.1) is 0 Å². The van der Waals surface area contributed by atoms with Gasteiger partial charge in [0.05, 0.1) is 44.3 Å². The average molecular weight is 298 g/mol. The summed E-state index contributed by atoms with van der Waals surface area (Å²) in [6.07, 6.45) is 0.851. The summed E-state index contributed by atoms with van der Waals surface area (Å²) < 4.78 is 0. The summed E-state index contributed by atoms with van der Waals surface area (Å²) in [5.74, 6) is 0.165. The molecule has 22 heavy (non-hydrogen) atoms. The second-order valence-corrected chi connectivity index (χ2v) is 6.18. The molecule has 1 fully saturated rings. The number of rotatable bonds is 2. The maximum absolute atomic E-state index is 13.1. The number of para-hydroxylation sites is 1. The van der Waals surface area contributed by atoms with E-state index in [0.717, 1.165) is 60.3 Å². The molecule has 116 valence electrons. The van der Waals surface area contributed by atoms with Crippen molar-refractivity contribution in [2.75, 3.05) is 33.2 Å². The maximum atomic E-state index is 13.1. The number of nitrogens with one attached hydrogen (secondary N) is 1. The lowest BCUT2D eigenvalue weighted by molar-refractivity contribution is -0.883. The van der Waals surface area contributed by atoms with Crippen molar-refractivity contribution < 1.29 is 9.69 Å². The van der Waals surface area contributed by atoms with E-state index >= 15 is 0 Å². The van der Waals surface area contributed by atoms with Crippen LogP contribution in [0.5, 0.6) is 0 Å². The molecule has 1 amide bonds. The van der Waals surface area contributed by atoms with Crippen LogP contribution in [0.2, 0.25) is 0 Å². The molecule has 2 aromatic rings. The Morgan fingerprint density at radius 1 is 1.27 bits per heavy atom. The number of likely N-dealkylation sites (N-methyl/N-ethyl adjacent to an activating group) is 1. The van der Waals surface area contributed by atoms with Gasteiger partial charge in [0.25, 0.3) is 5.91 Å². The van der Waals surface area contributed by atoms with E-state index in [0.29, 0.717) is 0 Å². The summed E-state index contributed by atoms with van der Waals surface area (Å²) in [7, 11) is 2.18. The molecule has 4 heteroatoms. The molecule has 1 aliphatic heterocycles. The van der Waals surface area contributed by atoms with Crippen LogP contribution < -0.4 is 4.90 Å². The van der Waals surface area contributed by atoms with E-state index in [1.807, 2.05) is 36.1 Å². The molecular formula is C18H24N3O+. The molecule has 0 atom stereocenters. The highest BCUT2D eigenvalue weighted by Gasteiger charge is 2.26. The number of hydrogen-bond acceptors (Lipinski definition) is 2. The molecule has 0 aliphatic carbocycles. The summed E-state index contributed by atoms with van der Waals surface area (Å²) in [5.41, 5.74) is 3.84. The smallest absolute Gasteiger partial charge is 0.255 e. The number of aromatic nitrogens is 1. The molecule has 0 unspecified atom stereocenters. The zero-order valence-corrected chi connectivity index (χ0v) is 13.6. The highest BCUT2D eigenvalue weighted by molar-refractivity contribution is 6.07. The van der Waals surface area contributed by atoms with Crippen LogP contribution in [0, 0.1) is 6.92 Å². The third-order valence-corrected chi connectivity index (χ3v) is 4.69. The molecule has 1 saturated heterocycles. The zero-order valence-electron chi connectivity index (χ0n) is 13.6. The molecule has 0 radical (unpaired) electrons. The van der Waals surface area contributed by atoms with Gasteiger partial charge in [-0.1, -0.05) is 25.1 Å².